The molecule has 1 aliphatic heterocycles. The summed E-state index contributed by atoms with van der Waals surface area (Å²) >= 11 is 0. The van der Waals surface area contributed by atoms with Crippen molar-refractivity contribution in [2.75, 3.05) is 33.1 Å². The summed E-state index contributed by atoms with van der Waals surface area (Å²) in [7, 11) is -1.67. The molecule has 1 N–H and O–H groups in total. The number of rotatable bonds is 4. The van der Waals surface area contributed by atoms with Gasteiger partial charge in [0.15, 0.2) is 0 Å². The summed E-state index contributed by atoms with van der Waals surface area (Å²) in [6, 6.07) is -0.0541. The number of sulfonamides is 1. The van der Waals surface area contributed by atoms with E-state index in [2.05, 4.69) is 4.72 Å². The van der Waals surface area contributed by atoms with Gasteiger partial charge in [0, 0.05) is 26.2 Å². The van der Waals surface area contributed by atoms with Crippen LogP contribution in [0.15, 0.2) is 0 Å². The van der Waals surface area contributed by atoms with Crippen LogP contribution in [0.5, 0.6) is 0 Å². The molecule has 0 bridgehead atoms. The standard InChI is InChI=1S/C9H18N2O4S/c1-15-7-9(12)11-5-3-8(4-6-11)10-16(2,13)14/h8,10H,3-7H2,1-2H3. The number of amides is 1. The highest BCUT2D eigenvalue weighted by molar-refractivity contribution is 7.88. The van der Waals surface area contributed by atoms with Gasteiger partial charge in [0.1, 0.15) is 6.61 Å². The van der Waals surface area contributed by atoms with E-state index in [0.29, 0.717) is 25.9 Å². The lowest BCUT2D eigenvalue weighted by Crippen LogP contribution is -2.47. The van der Waals surface area contributed by atoms with Crippen molar-refractivity contribution < 1.29 is 17.9 Å². The second kappa shape index (κ2) is 5.60. The van der Waals surface area contributed by atoms with E-state index in [4.69, 9.17) is 4.74 Å². The normalized spacial score (nSPS) is 18.8. The molecule has 0 aromatic carbocycles. The van der Waals surface area contributed by atoms with Gasteiger partial charge >= 0.3 is 0 Å². The van der Waals surface area contributed by atoms with Gasteiger partial charge in [0.25, 0.3) is 0 Å². The Morgan fingerprint density at radius 3 is 2.44 bits per heavy atom. The zero-order valence-electron chi connectivity index (χ0n) is 9.60. The highest BCUT2D eigenvalue weighted by Crippen LogP contribution is 2.11. The summed E-state index contributed by atoms with van der Waals surface area (Å²) in [4.78, 5) is 13.2. The first-order chi connectivity index (χ1) is 7.42. The maximum absolute atomic E-state index is 11.5. The van der Waals surface area contributed by atoms with Crippen LogP contribution in [0.25, 0.3) is 0 Å². The fourth-order valence-electron chi connectivity index (χ4n) is 1.76. The van der Waals surface area contributed by atoms with Crippen LogP contribution < -0.4 is 4.72 Å². The van der Waals surface area contributed by atoms with Gasteiger partial charge in [-0.3, -0.25) is 4.79 Å². The predicted molar refractivity (Wildman–Crippen MR) is 59.5 cm³/mol. The monoisotopic (exact) mass is 250 g/mol. The van der Waals surface area contributed by atoms with E-state index in [0.717, 1.165) is 6.26 Å². The lowest BCUT2D eigenvalue weighted by Gasteiger charge is -2.31. The highest BCUT2D eigenvalue weighted by Gasteiger charge is 2.24. The van der Waals surface area contributed by atoms with Crippen molar-refractivity contribution in [2.24, 2.45) is 0 Å². The maximum atomic E-state index is 11.5. The predicted octanol–water partition coefficient (Wildman–Crippen LogP) is -0.827. The second-order valence-corrected chi connectivity index (χ2v) is 5.76. The number of likely N-dealkylation sites (tertiary alicyclic amines) is 1. The van der Waals surface area contributed by atoms with Crippen LogP contribution in [0, 0.1) is 0 Å². The first-order valence-electron chi connectivity index (χ1n) is 5.16. The molecule has 16 heavy (non-hydrogen) atoms. The molecule has 0 aromatic rings. The molecule has 0 atom stereocenters. The number of piperidine rings is 1. The van der Waals surface area contributed by atoms with Crippen LogP contribution >= 0.6 is 0 Å². The number of nitrogens with zero attached hydrogens (tertiary/aromatic N) is 1. The fourth-order valence-corrected chi connectivity index (χ4v) is 2.61. The number of hydrogen-bond acceptors (Lipinski definition) is 4. The van der Waals surface area contributed by atoms with Crippen molar-refractivity contribution in [1.29, 1.82) is 0 Å². The van der Waals surface area contributed by atoms with Crippen LogP contribution in [0.3, 0.4) is 0 Å². The van der Waals surface area contributed by atoms with Crippen molar-refractivity contribution in [3.05, 3.63) is 0 Å². The maximum Gasteiger partial charge on any atom is 0.248 e. The van der Waals surface area contributed by atoms with E-state index in [1.54, 1.807) is 4.90 Å². The van der Waals surface area contributed by atoms with Crippen molar-refractivity contribution in [3.8, 4) is 0 Å². The average molecular weight is 250 g/mol. The van der Waals surface area contributed by atoms with Gasteiger partial charge < -0.3 is 9.64 Å². The molecular formula is C9H18N2O4S. The van der Waals surface area contributed by atoms with E-state index < -0.39 is 10.0 Å². The molecule has 0 unspecified atom stereocenters. The topological polar surface area (TPSA) is 75.7 Å². The molecule has 94 valence electrons. The molecule has 1 fully saturated rings. The Kier molecular flexibility index (Phi) is 4.69. The number of nitrogens with one attached hydrogen (secondary N) is 1. The number of methoxy groups -OCH3 is 1. The van der Waals surface area contributed by atoms with Crippen molar-refractivity contribution in [3.63, 3.8) is 0 Å². The molecule has 0 aromatic heterocycles. The smallest absolute Gasteiger partial charge is 0.248 e. The van der Waals surface area contributed by atoms with E-state index in [9.17, 15) is 13.2 Å². The lowest BCUT2D eigenvalue weighted by atomic mass is 10.1. The van der Waals surface area contributed by atoms with E-state index in [-0.39, 0.29) is 18.6 Å². The van der Waals surface area contributed by atoms with Crippen LogP contribution in [0.2, 0.25) is 0 Å². The number of hydrogen-bond donors (Lipinski definition) is 1. The third kappa shape index (κ3) is 4.46. The summed E-state index contributed by atoms with van der Waals surface area (Å²) in [5.41, 5.74) is 0. The Morgan fingerprint density at radius 1 is 1.44 bits per heavy atom. The summed E-state index contributed by atoms with van der Waals surface area (Å²) in [6.45, 7) is 1.24. The Labute approximate surface area is 96.0 Å². The fraction of sp³-hybridized carbons (Fsp3) is 0.889. The zero-order valence-corrected chi connectivity index (χ0v) is 10.4. The summed E-state index contributed by atoms with van der Waals surface area (Å²) < 4.78 is 29.3. The highest BCUT2D eigenvalue weighted by atomic mass is 32.2. The molecule has 0 saturated carbocycles. The largest absolute Gasteiger partial charge is 0.375 e. The number of carbonyl (C=O) groups is 1. The van der Waals surface area contributed by atoms with Gasteiger partial charge in [-0.05, 0) is 12.8 Å². The molecule has 0 radical (unpaired) electrons. The molecule has 6 nitrogen and oxygen atoms in total. The Bertz CT molecular complexity index is 333. The molecule has 7 heteroatoms. The van der Waals surface area contributed by atoms with Gasteiger partial charge in [-0.2, -0.15) is 0 Å². The lowest BCUT2D eigenvalue weighted by molar-refractivity contribution is -0.136. The molecule has 1 saturated heterocycles. The zero-order chi connectivity index (χ0) is 12.2. The molecule has 1 aliphatic rings. The minimum Gasteiger partial charge on any atom is -0.375 e. The van der Waals surface area contributed by atoms with E-state index in [1.165, 1.54) is 7.11 Å². The van der Waals surface area contributed by atoms with Crippen molar-refractivity contribution >= 4 is 15.9 Å². The molecule has 1 amide bonds. The molecule has 1 rings (SSSR count). The average Bonchev–Trinajstić information content (AvgIpc) is 2.16. The van der Waals surface area contributed by atoms with E-state index in [1.807, 2.05) is 0 Å². The third-order valence-electron chi connectivity index (χ3n) is 2.50. The summed E-state index contributed by atoms with van der Waals surface area (Å²) in [5, 5.41) is 0. The van der Waals surface area contributed by atoms with Crippen LogP contribution in [-0.4, -0.2) is 58.3 Å². The third-order valence-corrected chi connectivity index (χ3v) is 3.26. The minimum absolute atomic E-state index is 0.0414. The van der Waals surface area contributed by atoms with Crippen LogP contribution in [-0.2, 0) is 19.6 Å². The van der Waals surface area contributed by atoms with Crippen LogP contribution in [0.4, 0.5) is 0 Å². The van der Waals surface area contributed by atoms with Crippen molar-refractivity contribution in [1.82, 2.24) is 9.62 Å². The summed E-state index contributed by atoms with van der Waals surface area (Å²) in [6.07, 6.45) is 2.46. The quantitative estimate of drug-likeness (QED) is 0.707. The second-order valence-electron chi connectivity index (χ2n) is 3.98. The molecular weight excluding hydrogens is 232 g/mol. The minimum atomic E-state index is -3.15. The molecule has 0 spiro atoms. The van der Waals surface area contributed by atoms with Gasteiger partial charge in [-0.1, -0.05) is 0 Å². The van der Waals surface area contributed by atoms with Gasteiger partial charge in [0.05, 0.1) is 6.26 Å². The Hall–Kier alpha value is -0.660. The van der Waals surface area contributed by atoms with Gasteiger partial charge in [0.2, 0.25) is 15.9 Å². The number of carbonyl (C=O) groups excluding carboxylic acids is 1. The number of ether oxygens (including phenoxy) is 1. The Balaban J connectivity index is 2.37. The van der Waals surface area contributed by atoms with Crippen molar-refractivity contribution in [2.45, 2.75) is 18.9 Å². The SMILES string of the molecule is COCC(=O)N1CCC(NS(C)(=O)=O)CC1. The molecule has 1 heterocycles. The van der Waals surface area contributed by atoms with Gasteiger partial charge in [-0.25, -0.2) is 13.1 Å². The summed E-state index contributed by atoms with van der Waals surface area (Å²) in [5.74, 6) is -0.0414. The molecule has 0 aliphatic carbocycles. The van der Waals surface area contributed by atoms with Crippen LogP contribution in [0.1, 0.15) is 12.8 Å². The first-order valence-corrected chi connectivity index (χ1v) is 7.05. The Morgan fingerprint density at radius 2 is 2.00 bits per heavy atom. The van der Waals surface area contributed by atoms with E-state index >= 15 is 0 Å². The van der Waals surface area contributed by atoms with Gasteiger partial charge in [-0.15, -0.1) is 0 Å². The first kappa shape index (κ1) is 13.4.